The third-order valence-corrected chi connectivity index (χ3v) is 6.12. The molecule has 0 bridgehead atoms. The minimum atomic E-state index is -0.211. The number of carbonyl (C=O) groups is 1. The lowest BCUT2D eigenvalue weighted by atomic mass is 10.1. The van der Waals surface area contributed by atoms with Crippen molar-refractivity contribution in [3.05, 3.63) is 68.7 Å². The number of benzene rings is 2. The van der Waals surface area contributed by atoms with E-state index in [-0.39, 0.29) is 11.4 Å². The van der Waals surface area contributed by atoms with Crippen molar-refractivity contribution in [2.75, 3.05) is 19.0 Å². The van der Waals surface area contributed by atoms with Gasteiger partial charge in [-0.3, -0.25) is 4.79 Å². The number of hydrogen-bond acceptors (Lipinski definition) is 5. The number of rotatable bonds is 8. The van der Waals surface area contributed by atoms with Crippen molar-refractivity contribution in [1.82, 2.24) is 5.32 Å². The first kappa shape index (κ1) is 21.6. The van der Waals surface area contributed by atoms with Gasteiger partial charge in [-0.2, -0.15) is 0 Å². The third kappa shape index (κ3) is 5.48. The number of ether oxygens (including phenoxy) is 2. The largest absolute Gasteiger partial charge is 0.493 e. The zero-order valence-corrected chi connectivity index (χ0v) is 19.3. The first-order valence-corrected chi connectivity index (χ1v) is 11.2. The fourth-order valence-electron chi connectivity index (χ4n) is 2.81. The van der Waals surface area contributed by atoms with E-state index in [1.165, 1.54) is 17.3 Å². The Kier molecular flexibility index (Phi) is 7.49. The maximum Gasteiger partial charge on any atom is 0.260 e. The van der Waals surface area contributed by atoms with Crippen LogP contribution in [0.1, 0.15) is 18.1 Å². The van der Waals surface area contributed by atoms with Gasteiger partial charge < -0.3 is 20.1 Å². The molecule has 29 heavy (non-hydrogen) atoms. The summed E-state index contributed by atoms with van der Waals surface area (Å²) in [6.45, 7) is 6.20. The Balaban J connectivity index is 1.75. The Bertz CT molecular complexity index is 928. The summed E-state index contributed by atoms with van der Waals surface area (Å²) in [6, 6.07) is 12.1. The Hall–Kier alpha value is -2.13. The summed E-state index contributed by atoms with van der Waals surface area (Å²) in [5.74, 6) is 1.20. The highest BCUT2D eigenvalue weighted by Crippen LogP contribution is 2.36. The van der Waals surface area contributed by atoms with Crippen LogP contribution in [0.25, 0.3) is 6.08 Å². The van der Waals surface area contributed by atoms with Crippen LogP contribution in [0.3, 0.4) is 0 Å². The van der Waals surface area contributed by atoms with Crippen LogP contribution in [0.5, 0.6) is 11.5 Å². The van der Waals surface area contributed by atoms with Gasteiger partial charge in [0.05, 0.1) is 15.6 Å². The number of nitrogens with one attached hydrogen (secondary N) is 2. The third-order valence-electron chi connectivity index (χ3n) is 4.29. The summed E-state index contributed by atoms with van der Waals surface area (Å²) in [4.78, 5) is 13.1. The second kappa shape index (κ2) is 10.1. The van der Waals surface area contributed by atoms with Gasteiger partial charge in [0.15, 0.2) is 17.0 Å². The fraction of sp³-hybridized carbons (Fsp3) is 0.227. The van der Waals surface area contributed by atoms with E-state index in [2.05, 4.69) is 58.9 Å². The van der Waals surface area contributed by atoms with Crippen molar-refractivity contribution in [2.24, 2.45) is 0 Å². The number of carbonyl (C=O) groups excluding carboxylic acids is 1. The zero-order chi connectivity index (χ0) is 20.8. The molecule has 0 aromatic heterocycles. The van der Waals surface area contributed by atoms with Crippen molar-refractivity contribution in [1.29, 1.82) is 0 Å². The molecule has 0 radical (unpaired) electrons. The van der Waals surface area contributed by atoms with Crippen LogP contribution in [0.15, 0.2) is 54.0 Å². The van der Waals surface area contributed by atoms with Gasteiger partial charge in [0.1, 0.15) is 6.61 Å². The molecule has 1 fully saturated rings. The minimum Gasteiger partial charge on any atom is -0.493 e. The standard InChI is InChI=1S/C22H23IN2O3S/c1-4-10-28-20-17(23)11-15(12-18(20)27-3)13-19-21(26)25-22(29-19)24-16-8-6-14(5-2)7-9-16/h4,6-9,11-13,22,24H,1,5,10H2,2-3H3,(H,25,26)/b19-13+/t22-/m1/s1. The average Bonchev–Trinajstić information content (AvgIpc) is 3.06. The van der Waals surface area contributed by atoms with Gasteiger partial charge in [-0.15, -0.1) is 0 Å². The van der Waals surface area contributed by atoms with Crippen LogP contribution < -0.4 is 20.1 Å². The first-order valence-electron chi connectivity index (χ1n) is 9.20. The van der Waals surface area contributed by atoms with E-state index >= 15 is 0 Å². The number of aryl methyl sites for hydroxylation is 1. The van der Waals surface area contributed by atoms with Gasteiger partial charge in [-0.1, -0.05) is 43.5 Å². The van der Waals surface area contributed by atoms with E-state index in [4.69, 9.17) is 9.47 Å². The van der Waals surface area contributed by atoms with E-state index in [1.807, 2.05) is 30.3 Å². The Morgan fingerprint density at radius 1 is 1.31 bits per heavy atom. The Labute approximate surface area is 189 Å². The summed E-state index contributed by atoms with van der Waals surface area (Å²) in [6.07, 6.45) is 4.55. The fourth-order valence-corrected chi connectivity index (χ4v) is 4.58. The average molecular weight is 522 g/mol. The van der Waals surface area contributed by atoms with Gasteiger partial charge >= 0.3 is 0 Å². The SMILES string of the molecule is C=CCOc1c(I)cc(/C=C2/S[C@H](Nc3ccc(CC)cc3)NC2=O)cc1OC. The quantitative estimate of drug-likeness (QED) is 0.290. The molecule has 1 atom stereocenters. The van der Waals surface area contributed by atoms with Crippen molar-refractivity contribution >= 4 is 52.0 Å². The summed E-state index contributed by atoms with van der Waals surface area (Å²) < 4.78 is 12.1. The van der Waals surface area contributed by atoms with E-state index in [0.717, 1.165) is 21.2 Å². The molecule has 0 saturated carbocycles. The molecule has 0 unspecified atom stereocenters. The first-order chi connectivity index (χ1) is 14.0. The predicted octanol–water partition coefficient (Wildman–Crippen LogP) is 5.03. The molecule has 0 aliphatic carbocycles. The van der Waals surface area contributed by atoms with Crippen molar-refractivity contribution in [3.63, 3.8) is 0 Å². The molecule has 3 rings (SSSR count). The molecule has 7 heteroatoms. The van der Waals surface area contributed by atoms with Crippen LogP contribution in [0, 0.1) is 3.57 Å². The van der Waals surface area contributed by atoms with Crippen LogP contribution in [-0.2, 0) is 11.2 Å². The van der Waals surface area contributed by atoms with E-state index in [1.54, 1.807) is 13.2 Å². The normalized spacial score (nSPS) is 17.1. The van der Waals surface area contributed by atoms with E-state index in [0.29, 0.717) is 23.0 Å². The van der Waals surface area contributed by atoms with Crippen molar-refractivity contribution in [2.45, 2.75) is 18.8 Å². The number of anilines is 1. The van der Waals surface area contributed by atoms with Crippen LogP contribution >= 0.6 is 34.4 Å². The maximum atomic E-state index is 12.4. The lowest BCUT2D eigenvalue weighted by Crippen LogP contribution is -2.30. The Morgan fingerprint density at radius 3 is 2.72 bits per heavy atom. The van der Waals surface area contributed by atoms with Crippen molar-refractivity contribution in [3.8, 4) is 11.5 Å². The number of methoxy groups -OCH3 is 1. The molecule has 152 valence electrons. The van der Waals surface area contributed by atoms with Crippen LogP contribution in [0.2, 0.25) is 0 Å². The highest BCUT2D eigenvalue weighted by atomic mass is 127. The summed E-state index contributed by atoms with van der Waals surface area (Å²) >= 11 is 3.66. The van der Waals surface area contributed by atoms with Gasteiger partial charge in [0.25, 0.3) is 5.91 Å². The van der Waals surface area contributed by atoms with Crippen LogP contribution in [0.4, 0.5) is 5.69 Å². The topological polar surface area (TPSA) is 59.6 Å². The lowest BCUT2D eigenvalue weighted by molar-refractivity contribution is -0.116. The number of thioether (sulfide) groups is 1. The maximum absolute atomic E-state index is 12.4. The van der Waals surface area contributed by atoms with Crippen LogP contribution in [-0.4, -0.2) is 25.1 Å². The van der Waals surface area contributed by atoms with Gasteiger partial charge in [0.2, 0.25) is 0 Å². The predicted molar refractivity (Wildman–Crippen MR) is 128 cm³/mol. The molecule has 1 saturated heterocycles. The number of amides is 1. The molecule has 1 amide bonds. The van der Waals surface area contributed by atoms with E-state index in [9.17, 15) is 4.79 Å². The smallest absolute Gasteiger partial charge is 0.260 e. The monoisotopic (exact) mass is 522 g/mol. The molecule has 2 N–H and O–H groups in total. The number of hydrogen-bond donors (Lipinski definition) is 2. The van der Waals surface area contributed by atoms with E-state index < -0.39 is 0 Å². The van der Waals surface area contributed by atoms with Gasteiger partial charge in [-0.05, 0) is 70.5 Å². The molecule has 1 heterocycles. The molecular weight excluding hydrogens is 499 g/mol. The molecule has 2 aromatic rings. The molecule has 1 aliphatic heterocycles. The second-order valence-electron chi connectivity index (χ2n) is 6.31. The van der Waals surface area contributed by atoms with Crippen molar-refractivity contribution < 1.29 is 14.3 Å². The number of halogens is 1. The molecule has 2 aromatic carbocycles. The highest BCUT2D eigenvalue weighted by Gasteiger charge is 2.27. The summed E-state index contributed by atoms with van der Waals surface area (Å²) in [5.41, 5.74) is 2.92. The summed E-state index contributed by atoms with van der Waals surface area (Å²) in [7, 11) is 1.60. The zero-order valence-electron chi connectivity index (χ0n) is 16.3. The van der Waals surface area contributed by atoms with Gasteiger partial charge in [0, 0.05) is 5.69 Å². The van der Waals surface area contributed by atoms with Gasteiger partial charge in [-0.25, -0.2) is 0 Å². The molecule has 1 aliphatic rings. The Morgan fingerprint density at radius 2 is 2.07 bits per heavy atom. The second-order valence-corrected chi connectivity index (χ2v) is 8.62. The lowest BCUT2D eigenvalue weighted by Gasteiger charge is -2.13. The molecule has 5 nitrogen and oxygen atoms in total. The summed E-state index contributed by atoms with van der Waals surface area (Å²) in [5, 5.41) is 6.30. The minimum absolute atomic E-state index is 0.0985. The highest BCUT2D eigenvalue weighted by molar-refractivity contribution is 14.1. The molecular formula is C22H23IN2O3S. The molecule has 0 spiro atoms.